The van der Waals surface area contributed by atoms with E-state index in [4.69, 9.17) is 16.3 Å². The van der Waals surface area contributed by atoms with E-state index in [1.165, 1.54) is 0 Å². The zero-order chi connectivity index (χ0) is 16.1. The van der Waals surface area contributed by atoms with Gasteiger partial charge in [0.2, 0.25) is 0 Å². The number of anilines is 2. The average Bonchev–Trinajstić information content (AvgIpc) is 2.46. The van der Waals surface area contributed by atoms with Crippen LogP contribution in [-0.4, -0.2) is 22.6 Å². The number of aryl methyl sites for hydroxylation is 2. The van der Waals surface area contributed by atoms with Crippen LogP contribution in [0.1, 0.15) is 18.3 Å². The number of amides is 2. The highest BCUT2D eigenvalue weighted by Crippen LogP contribution is 2.22. The highest BCUT2D eigenvalue weighted by atomic mass is 35.5. The van der Waals surface area contributed by atoms with Crippen LogP contribution in [0, 0.1) is 13.8 Å². The molecule has 0 aliphatic heterocycles. The molecule has 0 saturated carbocycles. The van der Waals surface area contributed by atoms with E-state index >= 15 is 0 Å². The van der Waals surface area contributed by atoms with E-state index in [1.54, 1.807) is 38.1 Å². The molecule has 2 aromatic rings. The molecule has 0 aliphatic rings. The first-order chi connectivity index (χ1) is 10.5. The molecule has 0 fully saturated rings. The highest BCUT2D eigenvalue weighted by Gasteiger charge is 2.13. The van der Waals surface area contributed by atoms with Crippen LogP contribution in [0.5, 0.6) is 6.01 Å². The van der Waals surface area contributed by atoms with Gasteiger partial charge < -0.3 is 15.4 Å². The molecule has 0 saturated heterocycles. The summed E-state index contributed by atoms with van der Waals surface area (Å²) < 4.78 is 5.27. The molecular formula is C15H17ClN4O2. The Kier molecular flexibility index (Phi) is 5.16. The smallest absolute Gasteiger partial charge is 0.323 e. The number of nitrogens with one attached hydrogen (secondary N) is 2. The fourth-order valence-electron chi connectivity index (χ4n) is 1.89. The Morgan fingerprint density at radius 1 is 1.18 bits per heavy atom. The molecule has 2 N–H and O–H groups in total. The Morgan fingerprint density at radius 3 is 2.41 bits per heavy atom. The Balaban J connectivity index is 2.13. The first-order valence-electron chi connectivity index (χ1n) is 6.81. The number of benzene rings is 1. The predicted octanol–water partition coefficient (Wildman–Crippen LogP) is 3.79. The predicted molar refractivity (Wildman–Crippen MR) is 86.8 cm³/mol. The van der Waals surface area contributed by atoms with Crippen LogP contribution in [0.4, 0.5) is 16.2 Å². The lowest BCUT2D eigenvalue weighted by molar-refractivity contribution is 0.262. The first kappa shape index (κ1) is 16.0. The Labute approximate surface area is 133 Å². The lowest BCUT2D eigenvalue weighted by atomic mass is 10.3. The maximum Gasteiger partial charge on any atom is 0.323 e. The van der Waals surface area contributed by atoms with Crippen molar-refractivity contribution in [2.24, 2.45) is 0 Å². The number of aromatic nitrogens is 2. The normalized spacial score (nSPS) is 10.2. The molecular weight excluding hydrogens is 304 g/mol. The van der Waals surface area contributed by atoms with Gasteiger partial charge in [0, 0.05) is 0 Å². The van der Waals surface area contributed by atoms with Gasteiger partial charge >= 0.3 is 12.0 Å². The monoisotopic (exact) mass is 320 g/mol. The summed E-state index contributed by atoms with van der Waals surface area (Å²) >= 11 is 6.01. The highest BCUT2D eigenvalue weighted by molar-refractivity contribution is 6.33. The van der Waals surface area contributed by atoms with Gasteiger partial charge in [0.25, 0.3) is 0 Å². The number of ether oxygens (including phenoxy) is 1. The summed E-state index contributed by atoms with van der Waals surface area (Å²) in [5.41, 5.74) is 2.34. The number of urea groups is 1. The maximum atomic E-state index is 12.1. The summed E-state index contributed by atoms with van der Waals surface area (Å²) in [6.45, 7) is 5.90. The Bertz CT molecular complexity index is 668. The van der Waals surface area contributed by atoms with Crippen molar-refractivity contribution in [2.45, 2.75) is 20.8 Å². The van der Waals surface area contributed by atoms with E-state index < -0.39 is 6.03 Å². The van der Waals surface area contributed by atoms with Crippen LogP contribution >= 0.6 is 11.6 Å². The molecule has 0 aliphatic carbocycles. The minimum Gasteiger partial charge on any atom is -0.464 e. The third-order valence-electron chi connectivity index (χ3n) is 2.88. The third-order valence-corrected chi connectivity index (χ3v) is 3.21. The summed E-state index contributed by atoms with van der Waals surface area (Å²) in [5.74, 6) is 0. The summed E-state index contributed by atoms with van der Waals surface area (Å²) in [6, 6.07) is 6.89. The topological polar surface area (TPSA) is 76.1 Å². The summed E-state index contributed by atoms with van der Waals surface area (Å²) in [4.78, 5) is 20.5. The second-order valence-corrected chi connectivity index (χ2v) is 4.95. The van der Waals surface area contributed by atoms with Gasteiger partial charge in [-0.2, -0.15) is 9.97 Å². The van der Waals surface area contributed by atoms with E-state index in [-0.39, 0.29) is 0 Å². The molecule has 2 rings (SSSR count). The van der Waals surface area contributed by atoms with Gasteiger partial charge in [-0.3, -0.25) is 0 Å². The standard InChI is InChI=1S/C15H17ClN4O2/c1-4-22-15-17-9(2)13(10(3)18-15)20-14(21)19-12-8-6-5-7-11(12)16/h5-8H,4H2,1-3H3,(H2,19,20,21). The number of carbonyl (C=O) groups is 1. The number of rotatable bonds is 4. The molecule has 2 amide bonds. The van der Waals surface area contributed by atoms with Crippen LogP contribution in [0.2, 0.25) is 5.02 Å². The molecule has 6 nitrogen and oxygen atoms in total. The van der Waals surface area contributed by atoms with Crippen molar-refractivity contribution in [3.8, 4) is 6.01 Å². The number of carbonyl (C=O) groups excluding carboxylic acids is 1. The van der Waals surface area contributed by atoms with Crippen molar-refractivity contribution in [3.05, 3.63) is 40.7 Å². The van der Waals surface area contributed by atoms with Crippen molar-refractivity contribution in [3.63, 3.8) is 0 Å². The number of hydrogen-bond donors (Lipinski definition) is 2. The van der Waals surface area contributed by atoms with Gasteiger partial charge in [-0.05, 0) is 32.9 Å². The van der Waals surface area contributed by atoms with Crippen LogP contribution in [0.25, 0.3) is 0 Å². The van der Waals surface area contributed by atoms with Gasteiger partial charge in [0.05, 0.1) is 34.4 Å². The lowest BCUT2D eigenvalue weighted by Gasteiger charge is -2.13. The maximum absolute atomic E-state index is 12.1. The summed E-state index contributed by atoms with van der Waals surface area (Å²) in [5, 5.41) is 5.89. The van der Waals surface area contributed by atoms with Crippen molar-refractivity contribution in [1.82, 2.24) is 9.97 Å². The van der Waals surface area contributed by atoms with Gasteiger partial charge in [-0.1, -0.05) is 23.7 Å². The number of nitrogens with zero attached hydrogens (tertiary/aromatic N) is 2. The van der Waals surface area contributed by atoms with E-state index in [0.717, 1.165) is 0 Å². The molecule has 0 atom stereocenters. The minimum atomic E-state index is -0.410. The van der Waals surface area contributed by atoms with Gasteiger partial charge in [-0.15, -0.1) is 0 Å². The Hall–Kier alpha value is -2.34. The van der Waals surface area contributed by atoms with E-state index in [0.29, 0.717) is 40.4 Å². The van der Waals surface area contributed by atoms with Crippen molar-refractivity contribution >= 4 is 29.0 Å². The largest absolute Gasteiger partial charge is 0.464 e. The fraction of sp³-hybridized carbons (Fsp3) is 0.267. The zero-order valence-electron chi connectivity index (χ0n) is 12.6. The molecule has 1 aromatic heterocycles. The molecule has 7 heteroatoms. The first-order valence-corrected chi connectivity index (χ1v) is 7.19. The zero-order valence-corrected chi connectivity index (χ0v) is 13.4. The second-order valence-electron chi connectivity index (χ2n) is 4.54. The van der Waals surface area contributed by atoms with Crippen LogP contribution in [0.15, 0.2) is 24.3 Å². The number of para-hydroxylation sites is 1. The Morgan fingerprint density at radius 2 is 1.82 bits per heavy atom. The SMILES string of the molecule is CCOc1nc(C)c(NC(=O)Nc2ccccc2Cl)c(C)n1. The van der Waals surface area contributed by atoms with Crippen LogP contribution in [0.3, 0.4) is 0 Å². The van der Waals surface area contributed by atoms with E-state index in [2.05, 4.69) is 20.6 Å². The minimum absolute atomic E-state index is 0.301. The third kappa shape index (κ3) is 3.85. The van der Waals surface area contributed by atoms with Gasteiger partial charge in [0.1, 0.15) is 0 Å². The van der Waals surface area contributed by atoms with Gasteiger partial charge in [0.15, 0.2) is 0 Å². The number of hydrogen-bond acceptors (Lipinski definition) is 4. The molecule has 116 valence electrons. The fourth-order valence-corrected chi connectivity index (χ4v) is 2.07. The average molecular weight is 321 g/mol. The second kappa shape index (κ2) is 7.09. The molecule has 22 heavy (non-hydrogen) atoms. The van der Waals surface area contributed by atoms with Gasteiger partial charge in [-0.25, -0.2) is 4.79 Å². The molecule has 0 spiro atoms. The van der Waals surface area contributed by atoms with Crippen LogP contribution in [-0.2, 0) is 0 Å². The molecule has 0 radical (unpaired) electrons. The molecule has 1 aromatic carbocycles. The van der Waals surface area contributed by atoms with E-state index in [9.17, 15) is 4.79 Å². The van der Waals surface area contributed by atoms with Crippen LogP contribution < -0.4 is 15.4 Å². The lowest BCUT2D eigenvalue weighted by Crippen LogP contribution is -2.21. The summed E-state index contributed by atoms with van der Waals surface area (Å²) in [7, 11) is 0. The van der Waals surface area contributed by atoms with Crippen molar-refractivity contribution < 1.29 is 9.53 Å². The molecule has 0 unspecified atom stereocenters. The van der Waals surface area contributed by atoms with Crippen molar-refractivity contribution in [2.75, 3.05) is 17.2 Å². The quantitative estimate of drug-likeness (QED) is 0.898. The number of halogens is 1. The summed E-state index contributed by atoms with van der Waals surface area (Å²) in [6.07, 6.45) is 0. The van der Waals surface area contributed by atoms with E-state index in [1.807, 2.05) is 6.92 Å². The molecule has 1 heterocycles. The molecule has 0 bridgehead atoms. The van der Waals surface area contributed by atoms with Crippen molar-refractivity contribution in [1.29, 1.82) is 0 Å².